The molecule has 1 aliphatic heterocycles. The first-order valence-corrected chi connectivity index (χ1v) is 5.85. The molecule has 0 spiro atoms. The summed E-state index contributed by atoms with van der Waals surface area (Å²) in [5.41, 5.74) is 0.422. The Kier molecular flexibility index (Phi) is 4.03. The fraction of sp³-hybridized carbons (Fsp3) is 0.583. The zero-order valence-electron chi connectivity index (χ0n) is 10.0. The molecule has 1 saturated heterocycles. The summed E-state index contributed by atoms with van der Waals surface area (Å²) in [6.45, 7) is 2.27. The fourth-order valence-corrected chi connectivity index (χ4v) is 2.19. The molecule has 0 N–H and O–H groups in total. The summed E-state index contributed by atoms with van der Waals surface area (Å²) in [5, 5.41) is 0. The SMILES string of the molecule is COCC1CCCN(C(=O)c2cnccn2)C1. The average Bonchev–Trinajstić information content (AvgIpc) is 2.40. The third-order valence-electron chi connectivity index (χ3n) is 2.99. The van der Waals surface area contributed by atoms with Crippen molar-refractivity contribution in [1.82, 2.24) is 14.9 Å². The summed E-state index contributed by atoms with van der Waals surface area (Å²) in [5.74, 6) is 0.410. The molecule has 0 aromatic carbocycles. The predicted octanol–water partition coefficient (Wildman–Crippen LogP) is 0.975. The molecule has 1 amide bonds. The summed E-state index contributed by atoms with van der Waals surface area (Å²) in [6, 6.07) is 0. The zero-order valence-corrected chi connectivity index (χ0v) is 10.0. The van der Waals surface area contributed by atoms with Crippen LogP contribution in [0.4, 0.5) is 0 Å². The second-order valence-corrected chi connectivity index (χ2v) is 4.31. The molecule has 2 heterocycles. The number of amides is 1. The van der Waals surface area contributed by atoms with Crippen LogP contribution in [0.3, 0.4) is 0 Å². The summed E-state index contributed by atoms with van der Waals surface area (Å²) >= 11 is 0. The number of hydrogen-bond acceptors (Lipinski definition) is 4. The Morgan fingerprint density at radius 1 is 1.59 bits per heavy atom. The van der Waals surface area contributed by atoms with Crippen LogP contribution in [0.15, 0.2) is 18.6 Å². The molecule has 1 fully saturated rings. The fourth-order valence-electron chi connectivity index (χ4n) is 2.19. The van der Waals surface area contributed by atoms with Crippen LogP contribution in [0, 0.1) is 5.92 Å². The molecule has 5 heteroatoms. The van der Waals surface area contributed by atoms with Gasteiger partial charge in [0.1, 0.15) is 5.69 Å². The Bertz CT molecular complexity index is 367. The monoisotopic (exact) mass is 235 g/mol. The van der Waals surface area contributed by atoms with Crippen LogP contribution in [0.2, 0.25) is 0 Å². The van der Waals surface area contributed by atoms with E-state index in [1.54, 1.807) is 19.5 Å². The van der Waals surface area contributed by atoms with Crippen LogP contribution in [0.25, 0.3) is 0 Å². The van der Waals surface area contributed by atoms with E-state index in [4.69, 9.17) is 4.74 Å². The lowest BCUT2D eigenvalue weighted by Crippen LogP contribution is -2.41. The first-order valence-electron chi connectivity index (χ1n) is 5.85. The van der Waals surface area contributed by atoms with E-state index >= 15 is 0 Å². The molecule has 0 radical (unpaired) electrons. The van der Waals surface area contributed by atoms with E-state index < -0.39 is 0 Å². The highest BCUT2D eigenvalue weighted by atomic mass is 16.5. The van der Waals surface area contributed by atoms with Gasteiger partial charge < -0.3 is 9.64 Å². The Hall–Kier alpha value is -1.49. The topological polar surface area (TPSA) is 55.3 Å². The van der Waals surface area contributed by atoms with Crippen molar-refractivity contribution in [1.29, 1.82) is 0 Å². The molecule has 0 aliphatic carbocycles. The Morgan fingerprint density at radius 3 is 3.18 bits per heavy atom. The van der Waals surface area contributed by atoms with Crippen molar-refractivity contribution in [2.24, 2.45) is 5.92 Å². The highest BCUT2D eigenvalue weighted by molar-refractivity contribution is 5.92. The van der Waals surface area contributed by atoms with Gasteiger partial charge in [-0.3, -0.25) is 9.78 Å². The summed E-state index contributed by atoms with van der Waals surface area (Å²) < 4.78 is 5.15. The van der Waals surface area contributed by atoms with Crippen LogP contribution in [0.5, 0.6) is 0 Å². The zero-order chi connectivity index (χ0) is 12.1. The number of carbonyl (C=O) groups is 1. The van der Waals surface area contributed by atoms with Crippen molar-refractivity contribution in [3.8, 4) is 0 Å². The second kappa shape index (κ2) is 5.72. The van der Waals surface area contributed by atoms with Gasteiger partial charge in [0.2, 0.25) is 0 Å². The third-order valence-corrected chi connectivity index (χ3v) is 2.99. The number of hydrogen-bond donors (Lipinski definition) is 0. The Labute approximate surface area is 101 Å². The molecule has 0 bridgehead atoms. The van der Waals surface area contributed by atoms with E-state index in [0.29, 0.717) is 18.2 Å². The molecule has 1 aliphatic rings. The van der Waals surface area contributed by atoms with Gasteiger partial charge in [0.25, 0.3) is 5.91 Å². The van der Waals surface area contributed by atoms with Gasteiger partial charge in [-0.15, -0.1) is 0 Å². The number of carbonyl (C=O) groups excluding carboxylic acids is 1. The first kappa shape index (κ1) is 12.0. The van der Waals surface area contributed by atoms with Gasteiger partial charge in [0.15, 0.2) is 0 Å². The van der Waals surface area contributed by atoms with E-state index in [1.807, 2.05) is 4.90 Å². The molecule has 1 unspecified atom stereocenters. The minimum atomic E-state index is -0.0288. The van der Waals surface area contributed by atoms with E-state index in [1.165, 1.54) is 6.20 Å². The van der Waals surface area contributed by atoms with Crippen LogP contribution < -0.4 is 0 Å². The lowest BCUT2D eigenvalue weighted by molar-refractivity contribution is 0.0565. The lowest BCUT2D eigenvalue weighted by atomic mass is 9.99. The van der Waals surface area contributed by atoms with Crippen molar-refractivity contribution in [3.63, 3.8) is 0 Å². The number of ether oxygens (including phenoxy) is 1. The van der Waals surface area contributed by atoms with Gasteiger partial charge in [0, 0.05) is 32.6 Å². The number of piperidine rings is 1. The minimum Gasteiger partial charge on any atom is -0.384 e. The van der Waals surface area contributed by atoms with Crippen LogP contribution in [-0.2, 0) is 4.74 Å². The van der Waals surface area contributed by atoms with Crippen molar-refractivity contribution in [3.05, 3.63) is 24.3 Å². The standard InChI is InChI=1S/C12H17N3O2/c1-17-9-10-3-2-6-15(8-10)12(16)11-7-13-4-5-14-11/h4-5,7,10H,2-3,6,8-9H2,1H3. The quantitative estimate of drug-likeness (QED) is 0.783. The van der Waals surface area contributed by atoms with Crippen molar-refractivity contribution in [2.75, 3.05) is 26.8 Å². The molecule has 0 saturated carbocycles. The van der Waals surface area contributed by atoms with E-state index in [-0.39, 0.29) is 5.91 Å². The second-order valence-electron chi connectivity index (χ2n) is 4.31. The average molecular weight is 235 g/mol. The van der Waals surface area contributed by atoms with E-state index in [0.717, 1.165) is 25.9 Å². The Morgan fingerprint density at radius 2 is 2.47 bits per heavy atom. The van der Waals surface area contributed by atoms with E-state index in [2.05, 4.69) is 9.97 Å². The molecule has 2 rings (SSSR count). The molecule has 1 aromatic rings. The van der Waals surface area contributed by atoms with Crippen molar-refractivity contribution < 1.29 is 9.53 Å². The van der Waals surface area contributed by atoms with Crippen LogP contribution in [-0.4, -0.2) is 47.6 Å². The van der Waals surface area contributed by atoms with Gasteiger partial charge >= 0.3 is 0 Å². The first-order chi connectivity index (χ1) is 8.31. The van der Waals surface area contributed by atoms with E-state index in [9.17, 15) is 4.79 Å². The maximum atomic E-state index is 12.1. The summed E-state index contributed by atoms with van der Waals surface area (Å²) in [7, 11) is 1.70. The molecule has 92 valence electrons. The molecule has 1 atom stereocenters. The molecule has 17 heavy (non-hydrogen) atoms. The Balaban J connectivity index is 2.00. The predicted molar refractivity (Wildman–Crippen MR) is 62.5 cm³/mol. The largest absolute Gasteiger partial charge is 0.384 e. The number of likely N-dealkylation sites (tertiary alicyclic amines) is 1. The highest BCUT2D eigenvalue weighted by Crippen LogP contribution is 2.17. The maximum Gasteiger partial charge on any atom is 0.274 e. The number of methoxy groups -OCH3 is 1. The number of aromatic nitrogens is 2. The lowest BCUT2D eigenvalue weighted by Gasteiger charge is -2.32. The number of nitrogens with zero attached hydrogens (tertiary/aromatic N) is 3. The normalized spacial score (nSPS) is 20.3. The summed E-state index contributed by atoms with van der Waals surface area (Å²) in [4.78, 5) is 21.9. The van der Waals surface area contributed by atoms with Crippen molar-refractivity contribution >= 4 is 5.91 Å². The number of rotatable bonds is 3. The molecular weight excluding hydrogens is 218 g/mol. The van der Waals surface area contributed by atoms with Crippen molar-refractivity contribution in [2.45, 2.75) is 12.8 Å². The van der Waals surface area contributed by atoms with Gasteiger partial charge in [-0.1, -0.05) is 0 Å². The highest BCUT2D eigenvalue weighted by Gasteiger charge is 2.24. The van der Waals surface area contributed by atoms with Gasteiger partial charge in [0.05, 0.1) is 12.8 Å². The van der Waals surface area contributed by atoms with Gasteiger partial charge in [-0.25, -0.2) is 4.98 Å². The molecule has 1 aromatic heterocycles. The molecular formula is C12H17N3O2. The smallest absolute Gasteiger partial charge is 0.274 e. The third kappa shape index (κ3) is 3.00. The van der Waals surface area contributed by atoms with Crippen LogP contribution >= 0.6 is 0 Å². The van der Waals surface area contributed by atoms with Gasteiger partial charge in [-0.2, -0.15) is 0 Å². The van der Waals surface area contributed by atoms with Gasteiger partial charge in [-0.05, 0) is 18.8 Å². The molecule has 5 nitrogen and oxygen atoms in total. The van der Waals surface area contributed by atoms with Crippen LogP contribution in [0.1, 0.15) is 23.3 Å². The minimum absolute atomic E-state index is 0.0288. The summed E-state index contributed by atoms with van der Waals surface area (Å²) in [6.07, 6.45) is 6.78. The maximum absolute atomic E-state index is 12.1.